The van der Waals surface area contributed by atoms with Gasteiger partial charge in [0.05, 0.1) is 13.2 Å². The predicted octanol–water partition coefficient (Wildman–Crippen LogP) is 2.58. The van der Waals surface area contributed by atoms with Crippen molar-refractivity contribution in [2.75, 3.05) is 25.1 Å². The smallest absolute Gasteiger partial charge is 0.226 e. The van der Waals surface area contributed by atoms with Gasteiger partial charge in [0.2, 0.25) is 5.91 Å². The Balaban J connectivity index is 1.46. The lowest BCUT2D eigenvalue weighted by Gasteiger charge is -2.23. The van der Waals surface area contributed by atoms with Crippen LogP contribution in [0.1, 0.15) is 12.0 Å². The number of hydrogen-bond acceptors (Lipinski definition) is 4. The first-order valence-corrected chi connectivity index (χ1v) is 8.17. The van der Waals surface area contributed by atoms with Crippen LogP contribution in [0, 0.1) is 0 Å². The Labute approximate surface area is 142 Å². The summed E-state index contributed by atoms with van der Waals surface area (Å²) in [6, 6.07) is 17.5. The van der Waals surface area contributed by atoms with Crippen LogP contribution in [0.3, 0.4) is 0 Å². The summed E-state index contributed by atoms with van der Waals surface area (Å²) in [6.45, 7) is 2.62. The molecule has 0 radical (unpaired) electrons. The van der Waals surface area contributed by atoms with Gasteiger partial charge in [0, 0.05) is 24.7 Å². The number of carbonyl (C=O) groups is 1. The van der Waals surface area contributed by atoms with Crippen LogP contribution < -0.4 is 15.4 Å². The quantitative estimate of drug-likeness (QED) is 0.857. The number of hydrogen-bond donors (Lipinski definition) is 2. The number of benzene rings is 2. The molecule has 1 atom stereocenters. The van der Waals surface area contributed by atoms with E-state index in [1.165, 1.54) is 0 Å². The molecule has 0 spiro atoms. The highest BCUT2D eigenvalue weighted by Gasteiger charge is 2.16. The molecule has 2 N–H and O–H groups in total. The first kappa shape index (κ1) is 16.5. The van der Waals surface area contributed by atoms with Gasteiger partial charge >= 0.3 is 0 Å². The second-order valence-electron chi connectivity index (χ2n) is 5.78. The van der Waals surface area contributed by atoms with Gasteiger partial charge in [0.25, 0.3) is 0 Å². The van der Waals surface area contributed by atoms with Crippen LogP contribution in [0.4, 0.5) is 5.69 Å². The lowest BCUT2D eigenvalue weighted by atomic mass is 10.2. The standard InChI is InChI=1S/C19H22N2O3/c22-19(12-17-14-23-11-10-20-17)21-16-6-8-18(9-7-16)24-13-15-4-2-1-3-5-15/h1-9,17,20H,10-14H2,(H,21,22). The predicted molar refractivity (Wildman–Crippen MR) is 93.1 cm³/mol. The summed E-state index contributed by atoms with van der Waals surface area (Å²) in [7, 11) is 0. The Bertz CT molecular complexity index is 637. The minimum Gasteiger partial charge on any atom is -0.489 e. The van der Waals surface area contributed by atoms with E-state index < -0.39 is 0 Å². The van der Waals surface area contributed by atoms with Crippen molar-refractivity contribution in [3.8, 4) is 5.75 Å². The largest absolute Gasteiger partial charge is 0.489 e. The van der Waals surface area contributed by atoms with Crippen LogP contribution in [-0.4, -0.2) is 31.7 Å². The molecule has 1 heterocycles. The minimum absolute atomic E-state index is 0.0176. The van der Waals surface area contributed by atoms with Gasteiger partial charge in [0.15, 0.2) is 0 Å². The molecule has 5 heteroatoms. The Morgan fingerprint density at radius 3 is 2.67 bits per heavy atom. The zero-order chi connectivity index (χ0) is 16.6. The van der Waals surface area contributed by atoms with Gasteiger partial charge < -0.3 is 20.1 Å². The van der Waals surface area contributed by atoms with Crippen molar-refractivity contribution in [3.05, 3.63) is 60.2 Å². The van der Waals surface area contributed by atoms with Crippen molar-refractivity contribution in [3.63, 3.8) is 0 Å². The lowest BCUT2D eigenvalue weighted by molar-refractivity contribution is -0.117. The molecule has 24 heavy (non-hydrogen) atoms. The fourth-order valence-corrected chi connectivity index (χ4v) is 2.56. The number of ether oxygens (including phenoxy) is 2. The fourth-order valence-electron chi connectivity index (χ4n) is 2.56. The second kappa shape index (κ2) is 8.47. The van der Waals surface area contributed by atoms with Crippen molar-refractivity contribution in [2.24, 2.45) is 0 Å². The molecule has 1 aliphatic heterocycles. The maximum atomic E-state index is 12.0. The molecule has 1 unspecified atom stereocenters. The number of amides is 1. The number of nitrogens with one attached hydrogen (secondary N) is 2. The average molecular weight is 326 g/mol. The maximum absolute atomic E-state index is 12.0. The molecular formula is C19H22N2O3. The first-order valence-electron chi connectivity index (χ1n) is 8.17. The third kappa shape index (κ3) is 5.08. The van der Waals surface area contributed by atoms with Gasteiger partial charge in [-0.1, -0.05) is 30.3 Å². The number of rotatable bonds is 6. The minimum atomic E-state index is -0.0176. The van der Waals surface area contributed by atoms with E-state index in [-0.39, 0.29) is 11.9 Å². The molecule has 1 saturated heterocycles. The second-order valence-corrected chi connectivity index (χ2v) is 5.78. The summed E-state index contributed by atoms with van der Waals surface area (Å²) in [5.41, 5.74) is 1.89. The normalized spacial score (nSPS) is 17.2. The Morgan fingerprint density at radius 1 is 1.17 bits per heavy atom. The molecule has 0 aliphatic carbocycles. The van der Waals surface area contributed by atoms with Gasteiger partial charge in [-0.2, -0.15) is 0 Å². The summed E-state index contributed by atoms with van der Waals surface area (Å²) in [5.74, 6) is 0.759. The van der Waals surface area contributed by atoms with Crippen LogP contribution >= 0.6 is 0 Å². The molecular weight excluding hydrogens is 304 g/mol. The Hall–Kier alpha value is -2.37. The molecule has 0 saturated carbocycles. The van der Waals surface area contributed by atoms with E-state index in [2.05, 4.69) is 10.6 Å². The van der Waals surface area contributed by atoms with Crippen LogP contribution in [0.25, 0.3) is 0 Å². The Morgan fingerprint density at radius 2 is 1.96 bits per heavy atom. The van der Waals surface area contributed by atoms with E-state index in [0.29, 0.717) is 26.2 Å². The SMILES string of the molecule is O=C(CC1COCCN1)Nc1ccc(OCc2ccccc2)cc1. The van der Waals surface area contributed by atoms with Crippen LogP contribution in [0.5, 0.6) is 5.75 Å². The van der Waals surface area contributed by atoms with Gasteiger partial charge in [-0.3, -0.25) is 4.79 Å². The van der Waals surface area contributed by atoms with Gasteiger partial charge in [-0.05, 0) is 29.8 Å². The van der Waals surface area contributed by atoms with Gasteiger partial charge in [-0.15, -0.1) is 0 Å². The van der Waals surface area contributed by atoms with Gasteiger partial charge in [-0.25, -0.2) is 0 Å². The molecule has 0 aromatic heterocycles. The highest BCUT2D eigenvalue weighted by atomic mass is 16.5. The van der Waals surface area contributed by atoms with E-state index in [1.54, 1.807) is 0 Å². The maximum Gasteiger partial charge on any atom is 0.226 e. The third-order valence-corrected chi connectivity index (χ3v) is 3.82. The highest BCUT2D eigenvalue weighted by molar-refractivity contribution is 5.91. The summed E-state index contributed by atoms with van der Waals surface area (Å²) in [5, 5.41) is 6.17. The molecule has 5 nitrogen and oxygen atoms in total. The zero-order valence-corrected chi connectivity index (χ0v) is 13.5. The molecule has 126 valence electrons. The van der Waals surface area contributed by atoms with Gasteiger partial charge in [0.1, 0.15) is 12.4 Å². The van der Waals surface area contributed by atoms with E-state index in [9.17, 15) is 4.79 Å². The molecule has 1 aliphatic rings. The molecule has 0 bridgehead atoms. The molecule has 1 amide bonds. The van der Waals surface area contributed by atoms with E-state index in [0.717, 1.165) is 23.5 Å². The van der Waals surface area contributed by atoms with Crippen molar-refractivity contribution in [2.45, 2.75) is 19.1 Å². The monoisotopic (exact) mass is 326 g/mol. The molecule has 1 fully saturated rings. The highest BCUT2D eigenvalue weighted by Crippen LogP contribution is 2.17. The topological polar surface area (TPSA) is 59.6 Å². The summed E-state index contributed by atoms with van der Waals surface area (Å²) < 4.78 is 11.1. The van der Waals surface area contributed by atoms with Crippen molar-refractivity contribution >= 4 is 11.6 Å². The number of anilines is 1. The molecule has 2 aromatic rings. The summed E-state index contributed by atoms with van der Waals surface area (Å²) >= 11 is 0. The summed E-state index contributed by atoms with van der Waals surface area (Å²) in [4.78, 5) is 12.0. The third-order valence-electron chi connectivity index (χ3n) is 3.82. The van der Waals surface area contributed by atoms with E-state index >= 15 is 0 Å². The van der Waals surface area contributed by atoms with E-state index in [4.69, 9.17) is 9.47 Å². The summed E-state index contributed by atoms with van der Waals surface area (Å²) in [6.07, 6.45) is 0.409. The van der Waals surface area contributed by atoms with Crippen molar-refractivity contribution < 1.29 is 14.3 Å². The zero-order valence-electron chi connectivity index (χ0n) is 13.5. The van der Waals surface area contributed by atoms with Crippen LogP contribution in [0.15, 0.2) is 54.6 Å². The Kier molecular flexibility index (Phi) is 5.82. The van der Waals surface area contributed by atoms with Crippen LogP contribution in [0.2, 0.25) is 0 Å². The first-order chi connectivity index (χ1) is 11.8. The van der Waals surface area contributed by atoms with Crippen molar-refractivity contribution in [1.82, 2.24) is 5.32 Å². The average Bonchev–Trinajstić information content (AvgIpc) is 2.63. The molecule has 2 aromatic carbocycles. The molecule has 3 rings (SSSR count). The number of carbonyl (C=O) groups excluding carboxylic acids is 1. The fraction of sp³-hybridized carbons (Fsp3) is 0.316. The number of morpholine rings is 1. The lowest BCUT2D eigenvalue weighted by Crippen LogP contribution is -2.43. The van der Waals surface area contributed by atoms with E-state index in [1.807, 2.05) is 54.6 Å². The van der Waals surface area contributed by atoms with Crippen LogP contribution in [-0.2, 0) is 16.1 Å². The van der Waals surface area contributed by atoms with Crippen molar-refractivity contribution in [1.29, 1.82) is 0 Å².